The van der Waals surface area contributed by atoms with E-state index in [0.29, 0.717) is 38.6 Å². The van der Waals surface area contributed by atoms with Crippen LogP contribution in [0.15, 0.2) is 47.8 Å². The van der Waals surface area contributed by atoms with Gasteiger partial charge in [-0.25, -0.2) is 9.97 Å². The minimum atomic E-state index is -0.278. The average molecular weight is 498 g/mol. The molecule has 10 heteroatoms. The number of rotatable bonds is 5. The Hall–Kier alpha value is -2.94. The summed E-state index contributed by atoms with van der Waals surface area (Å²) in [5, 5.41) is 12.3. The summed E-state index contributed by atoms with van der Waals surface area (Å²) in [6, 6.07) is 5.55. The second-order valence-corrected chi connectivity index (χ2v) is 9.57. The van der Waals surface area contributed by atoms with Crippen molar-refractivity contribution in [3.63, 3.8) is 0 Å². The Kier molecular flexibility index (Phi) is 6.29. The monoisotopic (exact) mass is 497 g/mol. The summed E-state index contributed by atoms with van der Waals surface area (Å²) in [7, 11) is 0. The zero-order valence-corrected chi connectivity index (χ0v) is 20.4. The van der Waals surface area contributed by atoms with Crippen molar-refractivity contribution in [3.8, 4) is 5.69 Å². The fourth-order valence-electron chi connectivity index (χ4n) is 4.32. The Labute approximate surface area is 206 Å². The maximum Gasteiger partial charge on any atom is 0.266 e. The highest BCUT2D eigenvalue weighted by Gasteiger charge is 2.19. The highest BCUT2D eigenvalue weighted by atomic mass is 35.5. The zero-order chi connectivity index (χ0) is 23.8. The first-order chi connectivity index (χ1) is 16.4. The molecule has 0 bridgehead atoms. The van der Waals surface area contributed by atoms with Gasteiger partial charge in [0.25, 0.3) is 5.56 Å². The van der Waals surface area contributed by atoms with Gasteiger partial charge >= 0.3 is 0 Å². The Morgan fingerprint density at radius 3 is 2.56 bits per heavy atom. The van der Waals surface area contributed by atoms with Gasteiger partial charge in [0.1, 0.15) is 0 Å². The van der Waals surface area contributed by atoms with Crippen LogP contribution in [0, 0.1) is 0 Å². The van der Waals surface area contributed by atoms with E-state index in [1.807, 2.05) is 10.9 Å². The fourth-order valence-corrected chi connectivity index (χ4v) is 4.90. The first-order valence-corrected chi connectivity index (χ1v) is 12.1. The van der Waals surface area contributed by atoms with Gasteiger partial charge in [0.15, 0.2) is 0 Å². The Bertz CT molecular complexity index is 1390. The number of anilines is 2. The molecule has 8 nitrogen and oxygen atoms in total. The fraction of sp³-hybridized carbons (Fsp3) is 0.333. The standard InChI is InChI=1S/C24H25Cl2N7O/c1-14(2)18-13-32(22-19(25)4-3-5-20(22)26)23(34)17-11-28-24(31-21(17)18)30-15-10-29-33(12-15)16-6-8-27-9-7-16/h3-5,10-14,16,27H,6-9H2,1-2H3,(H,28,30,31). The normalized spacial score (nSPS) is 14.7. The van der Waals surface area contributed by atoms with Crippen LogP contribution in [-0.4, -0.2) is 37.4 Å². The number of hydrogen-bond donors (Lipinski definition) is 2. The zero-order valence-electron chi connectivity index (χ0n) is 18.9. The predicted molar refractivity (Wildman–Crippen MR) is 136 cm³/mol. The molecule has 176 valence electrons. The quantitative estimate of drug-likeness (QED) is 0.399. The number of nitrogens with one attached hydrogen (secondary N) is 2. The van der Waals surface area contributed by atoms with Crippen LogP contribution >= 0.6 is 23.2 Å². The minimum absolute atomic E-state index is 0.0982. The first-order valence-electron chi connectivity index (χ1n) is 11.3. The van der Waals surface area contributed by atoms with Crippen LogP contribution in [-0.2, 0) is 0 Å². The molecule has 34 heavy (non-hydrogen) atoms. The summed E-state index contributed by atoms with van der Waals surface area (Å²) >= 11 is 12.8. The van der Waals surface area contributed by atoms with Crippen LogP contribution in [0.4, 0.5) is 11.6 Å². The Balaban J connectivity index is 1.54. The van der Waals surface area contributed by atoms with Crippen LogP contribution in [0.2, 0.25) is 10.0 Å². The smallest absolute Gasteiger partial charge is 0.266 e. The summed E-state index contributed by atoms with van der Waals surface area (Å²) in [5.41, 5.74) is 2.47. The molecule has 2 N–H and O–H groups in total. The van der Waals surface area contributed by atoms with E-state index >= 15 is 0 Å². The van der Waals surface area contributed by atoms with Crippen molar-refractivity contribution in [1.29, 1.82) is 0 Å². The number of para-hydroxylation sites is 1. The molecule has 4 aromatic rings. The molecule has 1 aromatic carbocycles. The number of pyridine rings is 1. The molecule has 0 radical (unpaired) electrons. The van der Waals surface area contributed by atoms with E-state index < -0.39 is 0 Å². The van der Waals surface area contributed by atoms with Gasteiger partial charge in [-0.1, -0.05) is 43.1 Å². The van der Waals surface area contributed by atoms with E-state index in [0.717, 1.165) is 37.2 Å². The molecule has 1 saturated heterocycles. The van der Waals surface area contributed by atoms with Crippen LogP contribution < -0.4 is 16.2 Å². The second-order valence-electron chi connectivity index (χ2n) is 8.76. The summed E-state index contributed by atoms with van der Waals surface area (Å²) < 4.78 is 3.48. The van der Waals surface area contributed by atoms with E-state index in [4.69, 9.17) is 28.2 Å². The Morgan fingerprint density at radius 2 is 1.85 bits per heavy atom. The minimum Gasteiger partial charge on any atom is -0.321 e. The molecule has 5 rings (SSSR count). The third kappa shape index (κ3) is 4.29. The number of aromatic nitrogens is 5. The van der Waals surface area contributed by atoms with Crippen LogP contribution in [0.1, 0.15) is 44.2 Å². The predicted octanol–water partition coefficient (Wildman–Crippen LogP) is 5.08. The van der Waals surface area contributed by atoms with E-state index in [1.54, 1.807) is 36.8 Å². The van der Waals surface area contributed by atoms with Crippen LogP contribution in [0.5, 0.6) is 0 Å². The van der Waals surface area contributed by atoms with E-state index in [1.165, 1.54) is 4.57 Å². The second kappa shape index (κ2) is 9.37. The third-order valence-electron chi connectivity index (χ3n) is 6.12. The van der Waals surface area contributed by atoms with Gasteiger partial charge in [-0.2, -0.15) is 5.10 Å². The molecule has 1 aliphatic rings. The molecule has 4 heterocycles. The Morgan fingerprint density at radius 1 is 1.12 bits per heavy atom. The number of fused-ring (bicyclic) bond motifs is 1. The van der Waals surface area contributed by atoms with Crippen molar-refractivity contribution in [1.82, 2.24) is 29.6 Å². The number of piperidine rings is 1. The molecule has 0 unspecified atom stereocenters. The molecule has 3 aromatic heterocycles. The summed E-state index contributed by atoms with van der Waals surface area (Å²) in [5.74, 6) is 0.508. The summed E-state index contributed by atoms with van der Waals surface area (Å²) in [4.78, 5) is 22.5. The van der Waals surface area contributed by atoms with Crippen molar-refractivity contribution >= 4 is 45.7 Å². The maximum absolute atomic E-state index is 13.4. The van der Waals surface area contributed by atoms with Gasteiger partial charge in [-0.05, 0) is 49.5 Å². The van der Waals surface area contributed by atoms with Gasteiger partial charge in [-0.15, -0.1) is 0 Å². The number of hydrogen-bond acceptors (Lipinski definition) is 6. The lowest BCUT2D eigenvalue weighted by molar-refractivity contribution is 0.343. The highest BCUT2D eigenvalue weighted by Crippen LogP contribution is 2.30. The molecule has 0 spiro atoms. The molecule has 0 amide bonds. The van der Waals surface area contributed by atoms with Crippen molar-refractivity contribution in [2.45, 2.75) is 38.6 Å². The first kappa shape index (κ1) is 22.8. The van der Waals surface area contributed by atoms with Crippen molar-refractivity contribution < 1.29 is 0 Å². The SMILES string of the molecule is CC(C)c1cn(-c2c(Cl)cccc2Cl)c(=O)c2cnc(Nc3cnn(C4CCNCC4)c3)nc12. The third-order valence-corrected chi connectivity index (χ3v) is 6.73. The molecule has 0 saturated carbocycles. The molecule has 1 fully saturated rings. The lowest BCUT2D eigenvalue weighted by Gasteiger charge is -2.22. The van der Waals surface area contributed by atoms with Gasteiger partial charge in [0, 0.05) is 18.6 Å². The van der Waals surface area contributed by atoms with Crippen molar-refractivity contribution in [2.24, 2.45) is 0 Å². The number of halogens is 2. The largest absolute Gasteiger partial charge is 0.321 e. The number of nitrogens with zero attached hydrogens (tertiary/aromatic N) is 5. The van der Waals surface area contributed by atoms with Gasteiger partial charge < -0.3 is 10.6 Å². The average Bonchev–Trinajstić information content (AvgIpc) is 3.29. The lowest BCUT2D eigenvalue weighted by Crippen LogP contribution is -2.29. The van der Waals surface area contributed by atoms with Crippen molar-refractivity contribution in [3.05, 3.63) is 68.9 Å². The molecule has 0 atom stereocenters. The van der Waals surface area contributed by atoms with E-state index in [9.17, 15) is 4.79 Å². The topological polar surface area (TPSA) is 89.7 Å². The van der Waals surface area contributed by atoms with Crippen LogP contribution in [0.25, 0.3) is 16.6 Å². The van der Waals surface area contributed by atoms with Crippen molar-refractivity contribution in [2.75, 3.05) is 18.4 Å². The van der Waals surface area contributed by atoms with Gasteiger partial charge in [-0.3, -0.25) is 14.0 Å². The molecular formula is C24H25Cl2N7O. The van der Waals surface area contributed by atoms with Crippen LogP contribution in [0.3, 0.4) is 0 Å². The summed E-state index contributed by atoms with van der Waals surface area (Å²) in [6.45, 7) is 6.10. The van der Waals surface area contributed by atoms with Gasteiger partial charge in [0.2, 0.25) is 5.95 Å². The number of benzene rings is 1. The van der Waals surface area contributed by atoms with E-state index in [-0.39, 0.29) is 11.5 Å². The van der Waals surface area contributed by atoms with Gasteiger partial charge in [0.05, 0.1) is 44.6 Å². The molecule has 0 aliphatic carbocycles. The highest BCUT2D eigenvalue weighted by molar-refractivity contribution is 6.37. The molecule has 1 aliphatic heterocycles. The summed E-state index contributed by atoms with van der Waals surface area (Å²) in [6.07, 6.45) is 9.17. The van der Waals surface area contributed by atoms with E-state index in [2.05, 4.69) is 34.6 Å². The molecular weight excluding hydrogens is 473 g/mol. The lowest BCUT2D eigenvalue weighted by atomic mass is 10.0. The maximum atomic E-state index is 13.4.